The molecule has 3 heteroatoms. The molecule has 3 nitrogen and oxygen atoms in total. The summed E-state index contributed by atoms with van der Waals surface area (Å²) in [7, 11) is 0. The number of hydrogen-bond donors (Lipinski definition) is 1. The molecule has 3 rings (SSSR count). The van der Waals surface area contributed by atoms with Gasteiger partial charge in [-0.15, -0.1) is 0 Å². The number of aliphatic hydroxyl groups excluding tert-OH is 1. The highest BCUT2D eigenvalue weighted by atomic mass is 16.5. The van der Waals surface area contributed by atoms with E-state index in [-0.39, 0.29) is 6.10 Å². The van der Waals surface area contributed by atoms with E-state index in [1.807, 2.05) is 18.2 Å². The molecule has 1 aliphatic carbocycles. The Kier molecular flexibility index (Phi) is 4.16. The molecule has 1 N–H and O–H groups in total. The topological polar surface area (TPSA) is 38.7 Å². The van der Waals surface area contributed by atoms with Crippen molar-refractivity contribution in [3.8, 4) is 11.5 Å². The van der Waals surface area contributed by atoms with E-state index in [1.54, 1.807) is 0 Å². The first-order valence-electron chi connectivity index (χ1n) is 7.81. The minimum atomic E-state index is -0.375. The van der Waals surface area contributed by atoms with E-state index in [1.165, 1.54) is 12.8 Å². The van der Waals surface area contributed by atoms with Crippen LogP contribution in [0, 0.1) is 11.8 Å². The molecule has 1 aromatic rings. The van der Waals surface area contributed by atoms with Crippen LogP contribution in [0.25, 0.3) is 0 Å². The van der Waals surface area contributed by atoms with E-state index < -0.39 is 0 Å². The highest BCUT2D eigenvalue weighted by molar-refractivity contribution is 5.44. The van der Waals surface area contributed by atoms with Crippen molar-refractivity contribution < 1.29 is 14.6 Å². The van der Waals surface area contributed by atoms with Crippen LogP contribution >= 0.6 is 0 Å². The summed E-state index contributed by atoms with van der Waals surface area (Å²) in [5, 5.41) is 10.6. The average Bonchev–Trinajstić information content (AvgIpc) is 2.71. The van der Waals surface area contributed by atoms with Crippen molar-refractivity contribution in [2.24, 2.45) is 11.8 Å². The molecule has 1 fully saturated rings. The van der Waals surface area contributed by atoms with E-state index in [0.29, 0.717) is 19.1 Å². The molecule has 1 aliphatic heterocycles. The molecule has 0 saturated heterocycles. The molecule has 0 bridgehead atoms. The van der Waals surface area contributed by atoms with Crippen molar-refractivity contribution in [2.75, 3.05) is 13.2 Å². The van der Waals surface area contributed by atoms with Gasteiger partial charge in [0.05, 0.1) is 19.3 Å². The first-order valence-corrected chi connectivity index (χ1v) is 7.81. The summed E-state index contributed by atoms with van der Waals surface area (Å²) in [6, 6.07) is 5.88. The van der Waals surface area contributed by atoms with Gasteiger partial charge in [-0.25, -0.2) is 0 Å². The summed E-state index contributed by atoms with van der Waals surface area (Å²) in [5.74, 6) is 2.78. The lowest BCUT2D eigenvalue weighted by atomic mass is 9.78. The summed E-state index contributed by atoms with van der Waals surface area (Å²) >= 11 is 0. The molecule has 2 aliphatic rings. The van der Waals surface area contributed by atoms with Gasteiger partial charge in [0.1, 0.15) is 0 Å². The Morgan fingerprint density at radius 2 is 1.75 bits per heavy atom. The predicted octanol–water partition coefficient (Wildman–Crippen LogP) is 3.71. The fourth-order valence-electron chi connectivity index (χ4n) is 3.24. The summed E-state index contributed by atoms with van der Waals surface area (Å²) in [4.78, 5) is 0. The molecule has 1 atom stereocenters. The van der Waals surface area contributed by atoms with Gasteiger partial charge in [0.15, 0.2) is 11.5 Å². The van der Waals surface area contributed by atoms with E-state index in [9.17, 15) is 5.11 Å². The molecule has 110 valence electrons. The largest absolute Gasteiger partial charge is 0.490 e. The maximum Gasteiger partial charge on any atom is 0.161 e. The third kappa shape index (κ3) is 2.93. The molecule has 0 aromatic heterocycles. The number of ether oxygens (including phenoxy) is 2. The van der Waals surface area contributed by atoms with E-state index in [0.717, 1.165) is 42.2 Å². The molecule has 0 amide bonds. The first-order chi connectivity index (χ1) is 9.74. The van der Waals surface area contributed by atoms with Gasteiger partial charge in [-0.2, -0.15) is 0 Å². The molecule has 1 aromatic carbocycles. The Bertz CT molecular complexity index is 450. The molecule has 0 radical (unpaired) electrons. The smallest absolute Gasteiger partial charge is 0.161 e. The summed E-state index contributed by atoms with van der Waals surface area (Å²) < 4.78 is 11.3. The molecular formula is C17H24O3. The van der Waals surface area contributed by atoms with Crippen LogP contribution in [0.15, 0.2) is 18.2 Å². The molecular weight excluding hydrogens is 252 g/mol. The normalized spacial score (nSPS) is 27.7. The Morgan fingerprint density at radius 1 is 1.05 bits per heavy atom. The zero-order valence-corrected chi connectivity index (χ0v) is 12.2. The van der Waals surface area contributed by atoms with Crippen LogP contribution in [0.3, 0.4) is 0 Å². The predicted molar refractivity (Wildman–Crippen MR) is 78.1 cm³/mol. The highest BCUT2D eigenvalue weighted by Crippen LogP contribution is 2.39. The minimum absolute atomic E-state index is 0.375. The van der Waals surface area contributed by atoms with Gasteiger partial charge >= 0.3 is 0 Å². The summed E-state index contributed by atoms with van der Waals surface area (Å²) in [5.41, 5.74) is 0.966. The molecule has 20 heavy (non-hydrogen) atoms. The average molecular weight is 276 g/mol. The van der Waals surface area contributed by atoms with Crippen LogP contribution < -0.4 is 9.47 Å². The monoisotopic (exact) mass is 276 g/mol. The van der Waals surface area contributed by atoms with Crippen LogP contribution in [0.2, 0.25) is 0 Å². The Morgan fingerprint density at radius 3 is 2.50 bits per heavy atom. The van der Waals surface area contributed by atoms with Crippen LogP contribution in [-0.2, 0) is 0 Å². The van der Waals surface area contributed by atoms with Crippen LogP contribution in [0.1, 0.15) is 50.7 Å². The van der Waals surface area contributed by atoms with Gasteiger partial charge in [0.25, 0.3) is 0 Å². The third-order valence-electron chi connectivity index (χ3n) is 4.62. The lowest BCUT2D eigenvalue weighted by Gasteiger charge is -2.30. The summed E-state index contributed by atoms with van der Waals surface area (Å²) in [6.45, 7) is 3.69. The highest BCUT2D eigenvalue weighted by Gasteiger charge is 2.26. The number of benzene rings is 1. The Balaban J connectivity index is 1.74. The molecule has 0 spiro atoms. The van der Waals surface area contributed by atoms with E-state index in [4.69, 9.17) is 9.47 Å². The standard InChI is InChI=1S/C17H24O3/c1-12-3-5-13(6-4-12)17(18)14-7-8-15-16(11-14)20-10-2-9-19-15/h7-8,11-13,17-18H,2-6,9-10H2,1H3. The van der Waals surface area contributed by atoms with Gasteiger partial charge in [0, 0.05) is 6.42 Å². The van der Waals surface area contributed by atoms with Crippen molar-refractivity contribution in [2.45, 2.75) is 45.1 Å². The van der Waals surface area contributed by atoms with Crippen LogP contribution in [0.5, 0.6) is 11.5 Å². The van der Waals surface area contributed by atoms with Crippen molar-refractivity contribution >= 4 is 0 Å². The van der Waals surface area contributed by atoms with Gasteiger partial charge in [-0.05, 0) is 42.4 Å². The maximum absolute atomic E-state index is 10.6. The maximum atomic E-state index is 10.6. The second-order valence-corrected chi connectivity index (χ2v) is 6.22. The summed E-state index contributed by atoms with van der Waals surface area (Å²) in [6.07, 6.45) is 5.23. The van der Waals surface area contributed by atoms with Gasteiger partial charge in [-0.1, -0.05) is 25.8 Å². The lowest BCUT2D eigenvalue weighted by Crippen LogP contribution is -2.19. The van der Waals surface area contributed by atoms with E-state index >= 15 is 0 Å². The van der Waals surface area contributed by atoms with Crippen LogP contribution in [-0.4, -0.2) is 18.3 Å². The fraction of sp³-hybridized carbons (Fsp3) is 0.647. The second kappa shape index (κ2) is 6.04. The van der Waals surface area contributed by atoms with Crippen molar-refractivity contribution in [1.82, 2.24) is 0 Å². The van der Waals surface area contributed by atoms with E-state index in [2.05, 4.69) is 6.92 Å². The second-order valence-electron chi connectivity index (χ2n) is 6.22. The van der Waals surface area contributed by atoms with Crippen molar-refractivity contribution in [3.05, 3.63) is 23.8 Å². The van der Waals surface area contributed by atoms with Gasteiger partial charge in [-0.3, -0.25) is 0 Å². The minimum Gasteiger partial charge on any atom is -0.490 e. The molecule has 1 heterocycles. The quantitative estimate of drug-likeness (QED) is 0.895. The lowest BCUT2D eigenvalue weighted by molar-refractivity contribution is 0.0753. The Hall–Kier alpha value is -1.22. The van der Waals surface area contributed by atoms with Crippen molar-refractivity contribution in [1.29, 1.82) is 0 Å². The zero-order valence-electron chi connectivity index (χ0n) is 12.2. The van der Waals surface area contributed by atoms with Gasteiger partial charge < -0.3 is 14.6 Å². The first kappa shape index (κ1) is 13.7. The SMILES string of the molecule is CC1CCC(C(O)c2ccc3c(c2)OCCCO3)CC1. The van der Waals surface area contributed by atoms with Crippen molar-refractivity contribution in [3.63, 3.8) is 0 Å². The third-order valence-corrected chi connectivity index (χ3v) is 4.62. The number of fused-ring (bicyclic) bond motifs is 1. The number of hydrogen-bond acceptors (Lipinski definition) is 3. The fourth-order valence-corrected chi connectivity index (χ4v) is 3.24. The van der Waals surface area contributed by atoms with Crippen LogP contribution in [0.4, 0.5) is 0 Å². The molecule has 1 saturated carbocycles. The Labute approximate surface area is 120 Å². The zero-order chi connectivity index (χ0) is 13.9. The van der Waals surface area contributed by atoms with Gasteiger partial charge in [0.2, 0.25) is 0 Å². The molecule has 1 unspecified atom stereocenters. The number of rotatable bonds is 2. The number of aliphatic hydroxyl groups is 1.